The minimum Gasteiger partial charge on any atom is -0.351 e. The number of anilines is 1. The predicted octanol–water partition coefficient (Wildman–Crippen LogP) is 6.26. The molecule has 0 saturated carbocycles. The molecule has 7 heteroatoms. The van der Waals surface area contributed by atoms with E-state index in [0.717, 1.165) is 32.8 Å². The Bertz CT molecular complexity index is 1290. The summed E-state index contributed by atoms with van der Waals surface area (Å²) in [5.41, 5.74) is 4.74. The van der Waals surface area contributed by atoms with Gasteiger partial charge in [-0.05, 0) is 85.4 Å². The molecule has 5 rings (SSSR count). The Morgan fingerprint density at radius 2 is 1.88 bits per heavy atom. The van der Waals surface area contributed by atoms with E-state index in [0.29, 0.717) is 5.11 Å². The standard InChI is InChI=1S/C25H20BrFN4S/c1-16-14-19(10-11-20(16)26)31-24(23(29-25(31)32)21-8-2-3-12-28-21)22-9-5-13-30(22)18-7-4-6-17(27)15-18/h2-15,23-24H,1H3,(H,29,32)/t23-,24-/m1/s1. The molecular weight excluding hydrogens is 487 g/mol. The molecule has 0 aliphatic carbocycles. The first kappa shape index (κ1) is 20.8. The molecule has 32 heavy (non-hydrogen) atoms. The Labute approximate surface area is 199 Å². The van der Waals surface area contributed by atoms with Gasteiger partial charge in [0.25, 0.3) is 0 Å². The van der Waals surface area contributed by atoms with Gasteiger partial charge >= 0.3 is 0 Å². The molecule has 1 aliphatic rings. The van der Waals surface area contributed by atoms with Crippen molar-refractivity contribution >= 4 is 38.9 Å². The topological polar surface area (TPSA) is 33.1 Å². The third-order valence-corrected chi connectivity index (χ3v) is 6.89. The number of halogens is 2. The second kappa shape index (κ2) is 8.48. The van der Waals surface area contributed by atoms with Crippen LogP contribution in [0.2, 0.25) is 0 Å². The van der Waals surface area contributed by atoms with Gasteiger partial charge in [-0.3, -0.25) is 4.98 Å². The fraction of sp³-hybridized carbons (Fsp3) is 0.120. The number of aromatic nitrogens is 2. The highest BCUT2D eigenvalue weighted by Crippen LogP contribution is 2.42. The van der Waals surface area contributed by atoms with Gasteiger partial charge in [-0.15, -0.1) is 0 Å². The number of rotatable bonds is 4. The number of hydrogen-bond acceptors (Lipinski definition) is 2. The molecule has 2 aromatic carbocycles. The molecule has 4 nitrogen and oxygen atoms in total. The highest BCUT2D eigenvalue weighted by atomic mass is 79.9. The van der Waals surface area contributed by atoms with Gasteiger partial charge in [0.1, 0.15) is 11.9 Å². The molecule has 3 heterocycles. The highest BCUT2D eigenvalue weighted by Gasteiger charge is 2.42. The monoisotopic (exact) mass is 506 g/mol. The maximum atomic E-state index is 14.0. The molecule has 1 saturated heterocycles. The summed E-state index contributed by atoms with van der Waals surface area (Å²) in [7, 11) is 0. The van der Waals surface area contributed by atoms with E-state index in [9.17, 15) is 4.39 Å². The van der Waals surface area contributed by atoms with Gasteiger partial charge in [0, 0.05) is 33.9 Å². The first-order chi connectivity index (χ1) is 15.5. The maximum Gasteiger partial charge on any atom is 0.174 e. The van der Waals surface area contributed by atoms with Gasteiger partial charge < -0.3 is 14.8 Å². The summed E-state index contributed by atoms with van der Waals surface area (Å²) < 4.78 is 17.1. The van der Waals surface area contributed by atoms with Crippen molar-refractivity contribution in [2.45, 2.75) is 19.0 Å². The molecular formula is C25H20BrFN4S. The molecule has 1 N–H and O–H groups in total. The lowest BCUT2D eigenvalue weighted by atomic mass is 10.0. The molecule has 0 spiro atoms. The van der Waals surface area contributed by atoms with Gasteiger partial charge in [-0.1, -0.05) is 28.1 Å². The Kier molecular flexibility index (Phi) is 5.53. The van der Waals surface area contributed by atoms with E-state index in [1.165, 1.54) is 12.1 Å². The average molecular weight is 507 g/mol. The van der Waals surface area contributed by atoms with E-state index in [1.807, 2.05) is 53.2 Å². The van der Waals surface area contributed by atoms with E-state index in [1.54, 1.807) is 12.3 Å². The number of thiocarbonyl (C=S) groups is 1. The molecule has 0 bridgehead atoms. The lowest BCUT2D eigenvalue weighted by Gasteiger charge is -2.29. The summed E-state index contributed by atoms with van der Waals surface area (Å²) in [5, 5.41) is 4.10. The normalized spacial score (nSPS) is 18.1. The Balaban J connectivity index is 1.68. The summed E-state index contributed by atoms with van der Waals surface area (Å²) >= 11 is 9.40. The predicted molar refractivity (Wildman–Crippen MR) is 133 cm³/mol. The number of nitrogens with zero attached hydrogens (tertiary/aromatic N) is 3. The Morgan fingerprint density at radius 3 is 2.62 bits per heavy atom. The third-order valence-electron chi connectivity index (χ3n) is 5.69. The van der Waals surface area contributed by atoms with Crippen LogP contribution in [0.4, 0.5) is 10.1 Å². The van der Waals surface area contributed by atoms with Crippen LogP contribution in [0.3, 0.4) is 0 Å². The van der Waals surface area contributed by atoms with E-state index in [-0.39, 0.29) is 17.9 Å². The van der Waals surface area contributed by atoms with Gasteiger partial charge in [-0.25, -0.2) is 4.39 Å². The number of nitrogens with one attached hydrogen (secondary N) is 1. The zero-order valence-corrected chi connectivity index (χ0v) is 19.6. The van der Waals surface area contributed by atoms with Crippen LogP contribution in [0.1, 0.15) is 29.0 Å². The number of benzene rings is 2. The lowest BCUT2D eigenvalue weighted by molar-refractivity contribution is 0.548. The number of hydrogen-bond donors (Lipinski definition) is 1. The van der Waals surface area contributed by atoms with Crippen LogP contribution in [0.25, 0.3) is 5.69 Å². The van der Waals surface area contributed by atoms with Crippen molar-refractivity contribution in [3.8, 4) is 5.69 Å². The van der Waals surface area contributed by atoms with Crippen molar-refractivity contribution < 1.29 is 4.39 Å². The molecule has 4 aromatic rings. The molecule has 1 aliphatic heterocycles. The van der Waals surface area contributed by atoms with Crippen molar-refractivity contribution in [1.82, 2.24) is 14.9 Å². The SMILES string of the molecule is Cc1cc(N2C(=S)N[C@H](c3ccccn3)[C@H]2c2cccn2-c2cccc(F)c2)ccc1Br. The van der Waals surface area contributed by atoms with Crippen LogP contribution in [0.5, 0.6) is 0 Å². The van der Waals surface area contributed by atoms with Crippen molar-refractivity contribution in [3.05, 3.63) is 112 Å². The van der Waals surface area contributed by atoms with E-state index >= 15 is 0 Å². The van der Waals surface area contributed by atoms with Crippen LogP contribution in [0, 0.1) is 12.7 Å². The van der Waals surface area contributed by atoms with E-state index in [2.05, 4.69) is 50.2 Å². The largest absolute Gasteiger partial charge is 0.351 e. The minimum absolute atomic E-state index is 0.171. The second-order valence-corrected chi connectivity index (χ2v) is 8.95. The van der Waals surface area contributed by atoms with Crippen LogP contribution in [-0.2, 0) is 0 Å². The first-order valence-electron chi connectivity index (χ1n) is 10.2. The highest BCUT2D eigenvalue weighted by molar-refractivity contribution is 9.10. The van der Waals surface area contributed by atoms with Crippen molar-refractivity contribution in [3.63, 3.8) is 0 Å². The fourth-order valence-corrected chi connectivity index (χ4v) is 4.80. The van der Waals surface area contributed by atoms with Crippen molar-refractivity contribution in [2.75, 3.05) is 4.90 Å². The van der Waals surface area contributed by atoms with Crippen molar-refractivity contribution in [2.24, 2.45) is 0 Å². The van der Waals surface area contributed by atoms with Crippen LogP contribution < -0.4 is 10.2 Å². The van der Waals surface area contributed by atoms with Gasteiger partial charge in [0.15, 0.2) is 5.11 Å². The van der Waals surface area contributed by atoms with Crippen LogP contribution in [0.15, 0.2) is 89.7 Å². The summed E-state index contributed by atoms with van der Waals surface area (Å²) in [6.45, 7) is 2.06. The molecule has 160 valence electrons. The van der Waals surface area contributed by atoms with Gasteiger partial charge in [-0.2, -0.15) is 0 Å². The summed E-state index contributed by atoms with van der Waals surface area (Å²) in [6.07, 6.45) is 3.74. The molecule has 0 unspecified atom stereocenters. The van der Waals surface area contributed by atoms with Gasteiger partial charge in [0.05, 0.1) is 11.7 Å². The third kappa shape index (κ3) is 3.72. The molecule has 2 aromatic heterocycles. The number of aryl methyl sites for hydroxylation is 1. The lowest BCUT2D eigenvalue weighted by Crippen LogP contribution is -2.30. The summed E-state index contributed by atoms with van der Waals surface area (Å²) in [5.74, 6) is -0.274. The zero-order chi connectivity index (χ0) is 22.2. The minimum atomic E-state index is -0.274. The molecule has 0 radical (unpaired) electrons. The fourth-order valence-electron chi connectivity index (χ4n) is 4.21. The Hall–Kier alpha value is -3.03. The summed E-state index contributed by atoms with van der Waals surface area (Å²) in [6, 6.07) is 22.3. The van der Waals surface area contributed by atoms with Crippen LogP contribution in [-0.4, -0.2) is 14.7 Å². The van der Waals surface area contributed by atoms with Crippen molar-refractivity contribution in [1.29, 1.82) is 0 Å². The second-order valence-electron chi connectivity index (χ2n) is 7.71. The smallest absolute Gasteiger partial charge is 0.174 e. The molecule has 1 fully saturated rings. The maximum absolute atomic E-state index is 14.0. The average Bonchev–Trinajstić information content (AvgIpc) is 3.40. The quantitative estimate of drug-likeness (QED) is 0.331. The Morgan fingerprint density at radius 1 is 1.00 bits per heavy atom. The number of pyridine rings is 1. The van der Waals surface area contributed by atoms with Crippen LogP contribution >= 0.6 is 28.1 Å². The summed E-state index contributed by atoms with van der Waals surface area (Å²) in [4.78, 5) is 6.73. The van der Waals surface area contributed by atoms with E-state index in [4.69, 9.17) is 12.2 Å². The zero-order valence-electron chi connectivity index (χ0n) is 17.2. The molecule has 2 atom stereocenters. The van der Waals surface area contributed by atoms with Gasteiger partial charge in [0.2, 0.25) is 0 Å². The first-order valence-corrected chi connectivity index (χ1v) is 11.4. The molecule has 0 amide bonds. The van der Waals surface area contributed by atoms with E-state index < -0.39 is 0 Å².